The highest BCUT2D eigenvalue weighted by Gasteiger charge is 2.17. The Hall–Kier alpha value is -4.22. The normalized spacial score (nSPS) is 10.8. The number of fused-ring (bicyclic) bond motifs is 1. The lowest BCUT2D eigenvalue weighted by Crippen LogP contribution is -2.31. The van der Waals surface area contributed by atoms with Crippen molar-refractivity contribution in [3.63, 3.8) is 0 Å². The molecule has 2 heterocycles. The minimum absolute atomic E-state index is 0.0183. The maximum absolute atomic E-state index is 13.3. The fourth-order valence-electron chi connectivity index (χ4n) is 3.94. The summed E-state index contributed by atoms with van der Waals surface area (Å²) in [5.41, 5.74) is 4.44. The molecule has 6 heteroatoms. The van der Waals surface area contributed by atoms with Crippen molar-refractivity contribution < 1.29 is 9.53 Å². The van der Waals surface area contributed by atoms with Gasteiger partial charge in [-0.1, -0.05) is 54.1 Å². The summed E-state index contributed by atoms with van der Waals surface area (Å²) in [4.78, 5) is 24.0. The number of benzene rings is 3. The van der Waals surface area contributed by atoms with E-state index in [0.717, 1.165) is 33.4 Å². The van der Waals surface area contributed by atoms with Crippen LogP contribution in [0.15, 0.2) is 109 Å². The highest BCUT2D eigenvalue weighted by Crippen LogP contribution is 2.24. The van der Waals surface area contributed by atoms with Gasteiger partial charge in [0.2, 0.25) is 5.91 Å². The van der Waals surface area contributed by atoms with E-state index in [1.54, 1.807) is 29.4 Å². The first-order chi connectivity index (χ1) is 17.6. The summed E-state index contributed by atoms with van der Waals surface area (Å²) in [7, 11) is 0. The van der Waals surface area contributed by atoms with Gasteiger partial charge in [0, 0.05) is 28.5 Å². The number of pyridine rings is 2. The Kier molecular flexibility index (Phi) is 7.20. The van der Waals surface area contributed by atoms with Crippen molar-refractivity contribution in [2.24, 2.45) is 0 Å². The molecule has 0 aliphatic rings. The summed E-state index contributed by atoms with van der Waals surface area (Å²) in [5.74, 6) is 0.690. The highest BCUT2D eigenvalue weighted by molar-refractivity contribution is 6.30. The molecule has 3 aromatic carbocycles. The van der Waals surface area contributed by atoms with Crippen molar-refractivity contribution in [1.29, 1.82) is 0 Å². The molecule has 5 rings (SSSR count). The number of ether oxygens (including phenoxy) is 1. The number of aromatic nitrogens is 2. The molecule has 0 unspecified atom stereocenters. The molecule has 0 bridgehead atoms. The molecular weight excluding hydrogens is 470 g/mol. The Morgan fingerprint density at radius 1 is 0.833 bits per heavy atom. The molecule has 0 aliphatic heterocycles. The summed E-state index contributed by atoms with van der Waals surface area (Å²) >= 11 is 6.00. The Bertz CT molecular complexity index is 1460. The summed E-state index contributed by atoms with van der Waals surface area (Å²) in [6, 6.07) is 30.8. The molecule has 36 heavy (non-hydrogen) atoms. The van der Waals surface area contributed by atoms with Gasteiger partial charge in [-0.3, -0.25) is 9.78 Å². The number of hydrogen-bond acceptors (Lipinski definition) is 4. The first-order valence-electron chi connectivity index (χ1n) is 11.7. The van der Waals surface area contributed by atoms with Crippen molar-refractivity contribution >= 4 is 34.1 Å². The van der Waals surface area contributed by atoms with E-state index in [9.17, 15) is 4.79 Å². The predicted molar refractivity (Wildman–Crippen MR) is 143 cm³/mol. The number of rotatable bonds is 8. The van der Waals surface area contributed by atoms with Crippen molar-refractivity contribution in [1.82, 2.24) is 9.97 Å². The molecule has 1 amide bonds. The van der Waals surface area contributed by atoms with Gasteiger partial charge in [0.25, 0.3) is 0 Å². The smallest absolute Gasteiger partial charge is 0.231 e. The van der Waals surface area contributed by atoms with Crippen LogP contribution in [0.2, 0.25) is 5.02 Å². The van der Waals surface area contributed by atoms with Gasteiger partial charge in [0.05, 0.1) is 24.2 Å². The Morgan fingerprint density at radius 2 is 1.64 bits per heavy atom. The molecule has 5 nitrogen and oxygen atoms in total. The van der Waals surface area contributed by atoms with Crippen LogP contribution in [0.1, 0.15) is 16.8 Å². The molecule has 5 aromatic rings. The van der Waals surface area contributed by atoms with E-state index < -0.39 is 0 Å². The molecular formula is C30H24ClN3O2. The maximum Gasteiger partial charge on any atom is 0.231 e. The zero-order chi connectivity index (χ0) is 24.7. The third-order valence-electron chi connectivity index (χ3n) is 5.82. The fraction of sp³-hybridized carbons (Fsp3) is 0.100. The van der Waals surface area contributed by atoms with Crippen molar-refractivity contribution in [2.45, 2.75) is 19.6 Å². The second-order valence-electron chi connectivity index (χ2n) is 8.42. The van der Waals surface area contributed by atoms with E-state index in [2.05, 4.69) is 9.97 Å². The number of halogens is 1. The number of carbonyl (C=O) groups excluding carboxylic acids is 1. The van der Waals surface area contributed by atoms with Crippen LogP contribution in [0.25, 0.3) is 10.9 Å². The lowest BCUT2D eigenvalue weighted by Gasteiger charge is -2.23. The van der Waals surface area contributed by atoms with Gasteiger partial charge < -0.3 is 9.64 Å². The van der Waals surface area contributed by atoms with Gasteiger partial charge in [-0.2, -0.15) is 0 Å². The summed E-state index contributed by atoms with van der Waals surface area (Å²) < 4.78 is 5.97. The van der Waals surface area contributed by atoms with Crippen LogP contribution in [0.5, 0.6) is 5.75 Å². The van der Waals surface area contributed by atoms with Crippen LogP contribution in [-0.4, -0.2) is 15.9 Å². The first kappa shape index (κ1) is 23.5. The molecule has 178 valence electrons. The summed E-state index contributed by atoms with van der Waals surface area (Å²) in [5, 5.41) is 1.75. The quantitative estimate of drug-likeness (QED) is 0.243. The molecule has 0 N–H and O–H groups in total. The molecule has 0 saturated carbocycles. The van der Waals surface area contributed by atoms with Crippen molar-refractivity contribution in [2.75, 3.05) is 4.90 Å². The summed E-state index contributed by atoms with van der Waals surface area (Å²) in [6.07, 6.45) is 3.76. The van der Waals surface area contributed by atoms with Gasteiger partial charge in [-0.25, -0.2) is 4.98 Å². The molecule has 0 atom stereocenters. The topological polar surface area (TPSA) is 55.3 Å². The molecule has 2 aromatic heterocycles. The average molecular weight is 494 g/mol. The van der Waals surface area contributed by atoms with E-state index in [1.165, 1.54) is 0 Å². The largest absolute Gasteiger partial charge is 0.487 e. The van der Waals surface area contributed by atoms with Crippen LogP contribution in [0, 0.1) is 0 Å². The van der Waals surface area contributed by atoms with Gasteiger partial charge in [-0.15, -0.1) is 0 Å². The Balaban J connectivity index is 1.31. The number of hydrogen-bond donors (Lipinski definition) is 0. The summed E-state index contributed by atoms with van der Waals surface area (Å²) in [6.45, 7) is 0.778. The SMILES string of the molecule is O=C(Cc1ccc(Cl)cc1)N(Cc1cccnc1)c1ccc(OCc2ccc3ccccc3n2)cc1. The third-order valence-corrected chi connectivity index (χ3v) is 6.08. The van der Waals surface area contributed by atoms with Crippen LogP contribution in [-0.2, 0) is 24.4 Å². The molecule has 0 fully saturated rings. The number of carbonyl (C=O) groups is 1. The molecule has 0 radical (unpaired) electrons. The fourth-order valence-corrected chi connectivity index (χ4v) is 4.06. The molecule has 0 aliphatic carbocycles. The van der Waals surface area contributed by atoms with Crippen LogP contribution in [0.3, 0.4) is 0 Å². The third kappa shape index (κ3) is 5.88. The number of anilines is 1. The first-order valence-corrected chi connectivity index (χ1v) is 12.0. The van der Waals surface area contributed by atoms with E-state index in [0.29, 0.717) is 23.9 Å². The van der Waals surface area contributed by atoms with Crippen molar-refractivity contribution in [3.8, 4) is 5.75 Å². The Morgan fingerprint density at radius 3 is 2.42 bits per heavy atom. The van der Waals surface area contributed by atoms with Crippen LogP contribution < -0.4 is 9.64 Å². The van der Waals surface area contributed by atoms with Crippen molar-refractivity contribution in [3.05, 3.63) is 131 Å². The van der Waals surface area contributed by atoms with Crippen LogP contribution >= 0.6 is 11.6 Å². The zero-order valence-electron chi connectivity index (χ0n) is 19.5. The van der Waals surface area contributed by atoms with Gasteiger partial charge in [0.1, 0.15) is 12.4 Å². The van der Waals surface area contributed by atoms with Crippen LogP contribution in [0.4, 0.5) is 5.69 Å². The maximum atomic E-state index is 13.3. The standard InChI is InChI=1S/C30H24ClN3O2/c31-25-10-7-22(8-11-25)18-30(35)34(20-23-4-3-17-32-19-23)27-13-15-28(16-14-27)36-21-26-12-9-24-5-1-2-6-29(24)33-26/h1-17,19H,18,20-21H2. The van der Waals surface area contributed by atoms with E-state index >= 15 is 0 Å². The zero-order valence-corrected chi connectivity index (χ0v) is 20.3. The van der Waals surface area contributed by atoms with Gasteiger partial charge >= 0.3 is 0 Å². The lowest BCUT2D eigenvalue weighted by atomic mass is 10.1. The molecule has 0 spiro atoms. The minimum atomic E-state index is -0.0183. The number of nitrogens with zero attached hydrogens (tertiary/aromatic N) is 3. The highest BCUT2D eigenvalue weighted by atomic mass is 35.5. The Labute approximate surface area is 215 Å². The minimum Gasteiger partial charge on any atom is -0.487 e. The predicted octanol–water partition coefficient (Wildman–Crippen LogP) is 6.64. The number of para-hydroxylation sites is 1. The second-order valence-corrected chi connectivity index (χ2v) is 8.86. The van der Waals surface area contributed by atoms with E-state index in [4.69, 9.17) is 16.3 Å². The van der Waals surface area contributed by atoms with Gasteiger partial charge in [-0.05, 0) is 65.7 Å². The second kappa shape index (κ2) is 11.0. The van der Waals surface area contributed by atoms with E-state index in [1.807, 2.05) is 84.9 Å². The number of amides is 1. The van der Waals surface area contributed by atoms with E-state index in [-0.39, 0.29) is 12.3 Å². The average Bonchev–Trinajstić information content (AvgIpc) is 2.92. The molecule has 0 saturated heterocycles. The van der Waals surface area contributed by atoms with Gasteiger partial charge in [0.15, 0.2) is 0 Å². The monoisotopic (exact) mass is 493 g/mol. The lowest BCUT2D eigenvalue weighted by molar-refractivity contribution is -0.118.